The van der Waals surface area contributed by atoms with Crippen LogP contribution in [0.1, 0.15) is 67.4 Å². The first-order chi connectivity index (χ1) is 14.0. The summed E-state index contributed by atoms with van der Waals surface area (Å²) < 4.78 is 2.03. The van der Waals surface area contributed by atoms with E-state index in [1.54, 1.807) is 7.05 Å². The molecule has 1 atom stereocenters. The molecule has 1 aromatic heterocycles. The largest absolute Gasteiger partial charge is 0.508 e. The third-order valence-corrected chi connectivity index (χ3v) is 6.01. The Bertz CT molecular complexity index is 901. The van der Waals surface area contributed by atoms with Crippen LogP contribution < -0.4 is 10.6 Å². The first kappa shape index (κ1) is 19.7. The number of aliphatic imine (C=N–C) groups is 1. The molecule has 1 aliphatic heterocycles. The molecule has 2 heterocycles. The van der Waals surface area contributed by atoms with Gasteiger partial charge in [0.05, 0.1) is 6.54 Å². The molecule has 0 spiro atoms. The number of aryl methyl sites for hydroxylation is 2. The van der Waals surface area contributed by atoms with Crippen molar-refractivity contribution in [3.8, 4) is 5.75 Å². The van der Waals surface area contributed by atoms with E-state index in [0.717, 1.165) is 55.4 Å². The molecule has 1 aliphatic carbocycles. The number of phenols is 1. The summed E-state index contributed by atoms with van der Waals surface area (Å²) in [5.41, 5.74) is 3.69. The van der Waals surface area contributed by atoms with Crippen LogP contribution in [0.3, 0.4) is 0 Å². The van der Waals surface area contributed by atoms with E-state index < -0.39 is 0 Å². The van der Waals surface area contributed by atoms with Crippen molar-refractivity contribution >= 4 is 5.96 Å². The maximum absolute atomic E-state index is 10.4. The van der Waals surface area contributed by atoms with Crippen molar-refractivity contribution in [1.29, 1.82) is 0 Å². The number of guanidine groups is 1. The summed E-state index contributed by atoms with van der Waals surface area (Å²) in [7, 11) is 1.79. The van der Waals surface area contributed by atoms with Crippen molar-refractivity contribution in [2.75, 3.05) is 7.05 Å². The minimum atomic E-state index is 0.258. The fraction of sp³-hybridized carbons (Fsp3) is 0.591. The number of aromatic hydroxyl groups is 1. The Labute approximate surface area is 172 Å². The molecule has 7 nitrogen and oxygen atoms in total. The fourth-order valence-electron chi connectivity index (χ4n) is 4.34. The zero-order valence-electron chi connectivity index (χ0n) is 17.7. The molecule has 0 saturated carbocycles. The van der Waals surface area contributed by atoms with Gasteiger partial charge in [-0.05, 0) is 49.3 Å². The molecule has 0 amide bonds. The Morgan fingerprint density at radius 2 is 2.10 bits per heavy atom. The van der Waals surface area contributed by atoms with Crippen LogP contribution >= 0.6 is 0 Å². The standard InChI is InChI=1S/C22H32N6O/c1-14(2)21-26-20-11-9-16(13-28(20)27-21)25-22(23-3)24-12-18-17-7-5-4-6-15(17)8-10-19(18)29/h8,10,14,16,29H,4-7,9,11-13H2,1-3H3,(H2,23,24,25). The maximum atomic E-state index is 10.4. The second-order valence-electron chi connectivity index (χ2n) is 8.44. The van der Waals surface area contributed by atoms with Crippen molar-refractivity contribution in [2.24, 2.45) is 4.99 Å². The molecular formula is C22H32N6O. The quantitative estimate of drug-likeness (QED) is 0.546. The monoisotopic (exact) mass is 396 g/mol. The van der Waals surface area contributed by atoms with Gasteiger partial charge >= 0.3 is 0 Å². The van der Waals surface area contributed by atoms with E-state index in [1.807, 2.05) is 10.7 Å². The average molecular weight is 397 g/mol. The normalized spacial score (nSPS) is 19.0. The highest BCUT2D eigenvalue weighted by Gasteiger charge is 2.23. The molecule has 0 bridgehead atoms. The second-order valence-corrected chi connectivity index (χ2v) is 8.44. The lowest BCUT2D eigenvalue weighted by atomic mass is 9.88. The summed E-state index contributed by atoms with van der Waals surface area (Å²) in [4.78, 5) is 9.06. The van der Waals surface area contributed by atoms with Crippen LogP contribution in [0.5, 0.6) is 5.75 Å². The van der Waals surface area contributed by atoms with Gasteiger partial charge in [0.15, 0.2) is 11.8 Å². The average Bonchev–Trinajstić information content (AvgIpc) is 3.16. The number of aromatic nitrogens is 3. The van der Waals surface area contributed by atoms with Gasteiger partial charge < -0.3 is 15.7 Å². The van der Waals surface area contributed by atoms with Crippen molar-refractivity contribution in [3.63, 3.8) is 0 Å². The van der Waals surface area contributed by atoms with Crippen LogP contribution in [0.25, 0.3) is 0 Å². The Morgan fingerprint density at radius 1 is 1.28 bits per heavy atom. The highest BCUT2D eigenvalue weighted by atomic mass is 16.3. The van der Waals surface area contributed by atoms with Crippen molar-refractivity contribution in [1.82, 2.24) is 25.4 Å². The Kier molecular flexibility index (Phi) is 5.74. The van der Waals surface area contributed by atoms with E-state index in [-0.39, 0.29) is 6.04 Å². The third kappa shape index (κ3) is 4.23. The van der Waals surface area contributed by atoms with Crippen molar-refractivity contribution in [2.45, 2.75) is 77.4 Å². The number of rotatable bonds is 4. The second kappa shape index (κ2) is 8.43. The lowest BCUT2D eigenvalue weighted by Crippen LogP contribution is -2.46. The van der Waals surface area contributed by atoms with Gasteiger partial charge in [0.2, 0.25) is 0 Å². The maximum Gasteiger partial charge on any atom is 0.191 e. The van der Waals surface area contributed by atoms with Gasteiger partial charge in [-0.2, -0.15) is 5.10 Å². The molecule has 4 rings (SSSR count). The van der Waals surface area contributed by atoms with E-state index in [4.69, 9.17) is 0 Å². The molecular weight excluding hydrogens is 364 g/mol. The molecule has 156 valence electrons. The number of nitrogens with one attached hydrogen (secondary N) is 2. The Balaban J connectivity index is 1.40. The van der Waals surface area contributed by atoms with Crippen LogP contribution in [-0.2, 0) is 32.4 Å². The molecule has 0 fully saturated rings. The lowest BCUT2D eigenvalue weighted by molar-refractivity contribution is 0.391. The van der Waals surface area contributed by atoms with Gasteiger partial charge in [-0.25, -0.2) is 9.67 Å². The van der Waals surface area contributed by atoms with Gasteiger partial charge in [0, 0.05) is 37.5 Å². The first-order valence-electron chi connectivity index (χ1n) is 10.8. The van der Waals surface area contributed by atoms with Crippen LogP contribution in [0.4, 0.5) is 0 Å². The van der Waals surface area contributed by atoms with E-state index in [2.05, 4.69) is 45.6 Å². The number of phenolic OH excluding ortho intramolecular Hbond substituents is 1. The minimum Gasteiger partial charge on any atom is -0.508 e. The van der Waals surface area contributed by atoms with Crippen molar-refractivity contribution in [3.05, 3.63) is 40.5 Å². The first-order valence-corrected chi connectivity index (χ1v) is 10.8. The summed E-state index contributed by atoms with van der Waals surface area (Å²) >= 11 is 0. The minimum absolute atomic E-state index is 0.258. The van der Waals surface area contributed by atoms with E-state index in [0.29, 0.717) is 18.2 Å². The number of nitrogens with zero attached hydrogens (tertiary/aromatic N) is 4. The third-order valence-electron chi connectivity index (χ3n) is 6.01. The van der Waals surface area contributed by atoms with Gasteiger partial charge in [-0.1, -0.05) is 19.9 Å². The van der Waals surface area contributed by atoms with E-state index in [1.165, 1.54) is 24.0 Å². The van der Waals surface area contributed by atoms with Crippen LogP contribution in [-0.4, -0.2) is 38.9 Å². The Morgan fingerprint density at radius 3 is 2.90 bits per heavy atom. The summed E-state index contributed by atoms with van der Waals surface area (Å²) in [5, 5.41) is 22.0. The summed E-state index contributed by atoms with van der Waals surface area (Å²) in [6.45, 7) is 5.62. The van der Waals surface area contributed by atoms with Gasteiger partial charge in [-0.15, -0.1) is 0 Å². The van der Waals surface area contributed by atoms with Crippen molar-refractivity contribution < 1.29 is 5.11 Å². The molecule has 1 unspecified atom stereocenters. The number of benzene rings is 1. The fourth-order valence-corrected chi connectivity index (χ4v) is 4.34. The highest BCUT2D eigenvalue weighted by Crippen LogP contribution is 2.30. The van der Waals surface area contributed by atoms with Crippen LogP contribution in [0, 0.1) is 0 Å². The summed E-state index contributed by atoms with van der Waals surface area (Å²) in [6, 6.07) is 4.16. The van der Waals surface area contributed by atoms with Crippen LogP contribution in [0.15, 0.2) is 17.1 Å². The Hall–Kier alpha value is -2.57. The smallest absolute Gasteiger partial charge is 0.191 e. The predicted octanol–water partition coefficient (Wildman–Crippen LogP) is 2.67. The molecule has 0 saturated heterocycles. The molecule has 2 aromatic rings. The SMILES string of the molecule is CN=C(NCc1c(O)ccc2c1CCCC2)NC1CCc2nc(C(C)C)nn2C1. The van der Waals surface area contributed by atoms with E-state index >= 15 is 0 Å². The zero-order valence-corrected chi connectivity index (χ0v) is 17.7. The number of fused-ring (bicyclic) bond motifs is 2. The lowest BCUT2D eigenvalue weighted by Gasteiger charge is -2.26. The molecule has 7 heteroatoms. The zero-order chi connectivity index (χ0) is 20.4. The van der Waals surface area contributed by atoms with Crippen LogP contribution in [0.2, 0.25) is 0 Å². The topological polar surface area (TPSA) is 87.4 Å². The van der Waals surface area contributed by atoms with Gasteiger partial charge in [0.25, 0.3) is 0 Å². The summed E-state index contributed by atoms with van der Waals surface area (Å²) in [6.07, 6.45) is 6.50. The predicted molar refractivity (Wildman–Crippen MR) is 114 cm³/mol. The molecule has 2 aliphatic rings. The summed E-state index contributed by atoms with van der Waals surface area (Å²) in [5.74, 6) is 3.48. The molecule has 3 N–H and O–H groups in total. The van der Waals surface area contributed by atoms with E-state index in [9.17, 15) is 5.11 Å². The van der Waals surface area contributed by atoms with Gasteiger partial charge in [0.1, 0.15) is 11.6 Å². The molecule has 0 radical (unpaired) electrons. The van der Waals surface area contributed by atoms with Gasteiger partial charge in [-0.3, -0.25) is 4.99 Å². The number of hydrogen-bond acceptors (Lipinski definition) is 4. The highest BCUT2D eigenvalue weighted by molar-refractivity contribution is 5.80. The number of hydrogen-bond donors (Lipinski definition) is 3. The molecule has 1 aromatic carbocycles. The molecule has 29 heavy (non-hydrogen) atoms.